The third-order valence-electron chi connectivity index (χ3n) is 5.74. The summed E-state index contributed by atoms with van der Waals surface area (Å²) in [5.41, 5.74) is 0.303. The molecule has 39 heavy (non-hydrogen) atoms. The highest BCUT2D eigenvalue weighted by Gasteiger charge is 2.32. The number of nitrogens with one attached hydrogen (secondary N) is 2. The summed E-state index contributed by atoms with van der Waals surface area (Å²) in [6.07, 6.45) is -4.59. The van der Waals surface area contributed by atoms with Crippen LogP contribution in [0.2, 0.25) is 0 Å². The number of hydrogen-bond acceptors (Lipinski definition) is 6. The zero-order valence-electron chi connectivity index (χ0n) is 21.3. The Morgan fingerprint density at radius 3 is 2.33 bits per heavy atom. The van der Waals surface area contributed by atoms with Crippen molar-refractivity contribution in [2.24, 2.45) is 0 Å². The fourth-order valence-electron chi connectivity index (χ4n) is 3.47. The predicted molar refractivity (Wildman–Crippen MR) is 134 cm³/mol. The Balaban J connectivity index is 1.63. The number of aromatic nitrogens is 2. The van der Waals surface area contributed by atoms with E-state index in [0.29, 0.717) is 17.0 Å². The normalized spacial score (nSPS) is 13.6. The molecule has 1 unspecified atom stereocenters. The van der Waals surface area contributed by atoms with Crippen LogP contribution in [0.3, 0.4) is 0 Å². The van der Waals surface area contributed by atoms with Crippen molar-refractivity contribution in [3.05, 3.63) is 78.2 Å². The Morgan fingerprint density at radius 2 is 1.69 bits per heavy atom. The molecule has 0 aliphatic heterocycles. The van der Waals surface area contributed by atoms with Gasteiger partial charge in [-0.15, -0.1) is 13.2 Å². The van der Waals surface area contributed by atoms with Crippen molar-refractivity contribution >= 4 is 12.0 Å². The van der Waals surface area contributed by atoms with Gasteiger partial charge in [-0.25, -0.2) is 19.2 Å². The van der Waals surface area contributed by atoms with Crippen molar-refractivity contribution in [1.82, 2.24) is 20.6 Å². The average molecular weight is 549 g/mol. The van der Waals surface area contributed by atoms with Gasteiger partial charge < -0.3 is 20.1 Å². The summed E-state index contributed by atoms with van der Waals surface area (Å²) in [7, 11) is 0. The lowest BCUT2D eigenvalue weighted by molar-refractivity contribution is -0.274. The van der Waals surface area contributed by atoms with E-state index < -0.39 is 30.1 Å². The molecule has 0 fully saturated rings. The predicted octanol–water partition coefficient (Wildman–Crippen LogP) is 5.48. The number of nitrogens with zero attached hydrogens (tertiary/aromatic N) is 2. The highest BCUT2D eigenvalue weighted by molar-refractivity contribution is 5.85. The molecule has 0 saturated carbocycles. The van der Waals surface area contributed by atoms with E-state index in [9.17, 15) is 27.2 Å². The molecule has 2 atom stereocenters. The topological polar surface area (TPSA) is 102 Å². The third-order valence-corrected chi connectivity index (χ3v) is 5.74. The van der Waals surface area contributed by atoms with Crippen LogP contribution in [-0.4, -0.2) is 40.0 Å². The summed E-state index contributed by atoms with van der Waals surface area (Å²) in [5, 5.41) is 5.06. The molecule has 1 heterocycles. The van der Waals surface area contributed by atoms with Crippen LogP contribution in [0.1, 0.15) is 37.9 Å². The number of hydrogen-bond donors (Lipinski definition) is 2. The molecule has 2 amide bonds. The van der Waals surface area contributed by atoms with E-state index in [1.807, 2.05) is 6.07 Å². The first-order chi connectivity index (χ1) is 18.4. The molecule has 0 bridgehead atoms. The number of ether oxygens (including phenoxy) is 2. The minimum Gasteiger partial charge on any atom is -0.445 e. The van der Waals surface area contributed by atoms with Crippen molar-refractivity contribution < 1.29 is 36.6 Å². The Labute approximate surface area is 222 Å². The number of amides is 2. The van der Waals surface area contributed by atoms with Crippen LogP contribution in [0.4, 0.5) is 22.4 Å². The maximum absolute atomic E-state index is 14.8. The summed E-state index contributed by atoms with van der Waals surface area (Å²) in [6, 6.07) is 14.4. The molecule has 3 rings (SSSR count). The number of halogens is 4. The second-order valence-corrected chi connectivity index (χ2v) is 8.91. The quantitative estimate of drug-likeness (QED) is 0.308. The first-order valence-electron chi connectivity index (χ1n) is 12.0. The van der Waals surface area contributed by atoms with Gasteiger partial charge in [0.2, 0.25) is 5.91 Å². The summed E-state index contributed by atoms with van der Waals surface area (Å²) in [4.78, 5) is 33.5. The fraction of sp³-hybridized carbons (Fsp3) is 0.333. The lowest BCUT2D eigenvalue weighted by Crippen LogP contribution is -2.49. The second-order valence-electron chi connectivity index (χ2n) is 8.91. The van der Waals surface area contributed by atoms with Gasteiger partial charge in [0.05, 0.1) is 17.9 Å². The van der Waals surface area contributed by atoms with E-state index in [1.54, 1.807) is 37.3 Å². The molecular formula is C27H28F4N4O4. The second kappa shape index (κ2) is 13.0. The van der Waals surface area contributed by atoms with E-state index in [-0.39, 0.29) is 31.7 Å². The summed E-state index contributed by atoms with van der Waals surface area (Å²) >= 11 is 0. The van der Waals surface area contributed by atoms with Crippen molar-refractivity contribution in [1.29, 1.82) is 0 Å². The lowest BCUT2D eigenvalue weighted by Gasteiger charge is -2.25. The summed E-state index contributed by atoms with van der Waals surface area (Å²) < 4.78 is 61.0. The van der Waals surface area contributed by atoms with Crippen LogP contribution < -0.4 is 15.4 Å². The van der Waals surface area contributed by atoms with Crippen LogP contribution in [0.5, 0.6) is 5.75 Å². The zero-order chi connectivity index (χ0) is 28.5. The van der Waals surface area contributed by atoms with Gasteiger partial charge in [-0.3, -0.25) is 4.79 Å². The average Bonchev–Trinajstić information content (AvgIpc) is 2.90. The molecule has 0 saturated heterocycles. The first kappa shape index (κ1) is 29.3. The third kappa shape index (κ3) is 9.87. The summed E-state index contributed by atoms with van der Waals surface area (Å²) in [5.74, 6) is -1.02. The van der Waals surface area contributed by atoms with Gasteiger partial charge in [0.25, 0.3) is 0 Å². The van der Waals surface area contributed by atoms with Gasteiger partial charge in [-0.05, 0) is 49.2 Å². The molecule has 208 valence electrons. The number of carbonyl (C=O) groups excluding carboxylic acids is 2. The molecule has 0 spiro atoms. The minimum atomic E-state index is -4.80. The van der Waals surface area contributed by atoms with E-state index >= 15 is 0 Å². The number of rotatable bonds is 11. The molecule has 0 aliphatic carbocycles. The molecule has 0 aliphatic rings. The standard InChI is InChI=1S/C27H28F4N4O4/c1-3-26(2,28)14-23(35-25(37)38-16-18-7-5-4-6-8-18)24(36)32-15-20-13-22(34-17-33-20)19-9-11-21(12-10-19)39-27(29,30)31/h4-13,17,23H,3,14-16H2,1-2H3,(H,32,36)(H,35,37)/t23-,26?/m0/s1. The van der Waals surface area contributed by atoms with E-state index in [0.717, 1.165) is 17.7 Å². The van der Waals surface area contributed by atoms with Crippen molar-refractivity contribution in [3.8, 4) is 17.0 Å². The first-order valence-corrected chi connectivity index (χ1v) is 12.0. The van der Waals surface area contributed by atoms with Gasteiger partial charge in [0, 0.05) is 12.0 Å². The largest absolute Gasteiger partial charge is 0.573 e. The van der Waals surface area contributed by atoms with Crippen molar-refractivity contribution in [3.63, 3.8) is 0 Å². The Kier molecular flexibility index (Phi) is 9.80. The van der Waals surface area contributed by atoms with Crippen LogP contribution in [0.15, 0.2) is 67.0 Å². The molecule has 1 aromatic heterocycles. The van der Waals surface area contributed by atoms with Gasteiger partial charge in [-0.2, -0.15) is 0 Å². The van der Waals surface area contributed by atoms with Gasteiger partial charge in [0.15, 0.2) is 0 Å². The Bertz CT molecular complexity index is 1240. The molecule has 12 heteroatoms. The van der Waals surface area contributed by atoms with E-state index in [1.165, 1.54) is 25.4 Å². The maximum Gasteiger partial charge on any atom is 0.573 e. The van der Waals surface area contributed by atoms with Crippen LogP contribution in [-0.2, 0) is 22.7 Å². The maximum atomic E-state index is 14.8. The fourth-order valence-corrected chi connectivity index (χ4v) is 3.47. The van der Waals surface area contributed by atoms with E-state index in [4.69, 9.17) is 4.74 Å². The highest BCUT2D eigenvalue weighted by atomic mass is 19.4. The minimum absolute atomic E-state index is 0.0191. The van der Waals surface area contributed by atoms with Crippen LogP contribution in [0, 0.1) is 0 Å². The van der Waals surface area contributed by atoms with Gasteiger partial charge in [-0.1, -0.05) is 37.3 Å². The number of carbonyl (C=O) groups is 2. The molecule has 2 aromatic carbocycles. The van der Waals surface area contributed by atoms with Crippen LogP contribution >= 0.6 is 0 Å². The van der Waals surface area contributed by atoms with Gasteiger partial charge >= 0.3 is 12.5 Å². The zero-order valence-corrected chi connectivity index (χ0v) is 21.3. The smallest absolute Gasteiger partial charge is 0.445 e. The summed E-state index contributed by atoms with van der Waals surface area (Å²) in [6.45, 7) is 2.88. The SMILES string of the molecule is CCC(C)(F)C[C@H](NC(=O)OCc1ccccc1)C(=O)NCc1cc(-c2ccc(OC(F)(F)F)cc2)ncn1. The Morgan fingerprint density at radius 1 is 1.00 bits per heavy atom. The van der Waals surface area contributed by atoms with Gasteiger partial charge in [0.1, 0.15) is 30.4 Å². The molecule has 8 nitrogen and oxygen atoms in total. The molecular weight excluding hydrogens is 520 g/mol. The molecule has 0 radical (unpaired) electrons. The lowest BCUT2D eigenvalue weighted by atomic mass is 9.95. The monoisotopic (exact) mass is 548 g/mol. The van der Waals surface area contributed by atoms with Crippen LogP contribution in [0.25, 0.3) is 11.3 Å². The van der Waals surface area contributed by atoms with E-state index in [2.05, 4.69) is 25.3 Å². The van der Waals surface area contributed by atoms with Crippen molar-refractivity contribution in [2.45, 2.75) is 57.9 Å². The highest BCUT2D eigenvalue weighted by Crippen LogP contribution is 2.26. The molecule has 3 aromatic rings. The number of alkyl halides is 4. The van der Waals surface area contributed by atoms with Crippen molar-refractivity contribution in [2.75, 3.05) is 0 Å². The Hall–Kier alpha value is -4.22. The number of alkyl carbamates (subject to hydrolysis) is 1. The molecule has 2 N–H and O–H groups in total. The number of benzene rings is 2.